The fraction of sp³-hybridized carbons (Fsp3) is 0.235. The smallest absolute Gasteiger partial charge is 0.251 e. The minimum absolute atomic E-state index is 0.0348. The van der Waals surface area contributed by atoms with E-state index in [-0.39, 0.29) is 5.91 Å². The molecule has 3 nitrogen and oxygen atoms in total. The van der Waals surface area contributed by atoms with Gasteiger partial charge >= 0.3 is 0 Å². The molecule has 1 amide bonds. The lowest BCUT2D eigenvalue weighted by Gasteiger charge is -2.09. The molecule has 2 aromatic carbocycles. The first-order valence-electron chi connectivity index (χ1n) is 6.99. The van der Waals surface area contributed by atoms with Crippen LogP contribution in [0.15, 0.2) is 40.9 Å². The number of halogens is 1. The molecule has 0 aliphatic carbocycles. The topological polar surface area (TPSA) is 41.1 Å². The summed E-state index contributed by atoms with van der Waals surface area (Å²) in [6.07, 6.45) is 0. The van der Waals surface area contributed by atoms with Crippen molar-refractivity contribution in [3.05, 3.63) is 68.7 Å². The third-order valence-corrected chi connectivity index (χ3v) is 4.29. The number of rotatable bonds is 3. The summed E-state index contributed by atoms with van der Waals surface area (Å²) in [6.45, 7) is 4.36. The number of amides is 1. The molecule has 3 rings (SSSR count). The van der Waals surface area contributed by atoms with E-state index in [4.69, 9.17) is 0 Å². The summed E-state index contributed by atoms with van der Waals surface area (Å²) in [5.41, 5.74) is 5.52. The summed E-state index contributed by atoms with van der Waals surface area (Å²) in [6, 6.07) is 12.1. The Labute approximate surface area is 132 Å². The van der Waals surface area contributed by atoms with Gasteiger partial charge in [0.15, 0.2) is 0 Å². The summed E-state index contributed by atoms with van der Waals surface area (Å²) >= 11 is 3.41. The SMILES string of the molecule is Cc1ccc(Br)cc1C(=O)NCc1ccc2c(c1)CNC2. The van der Waals surface area contributed by atoms with Crippen molar-refractivity contribution in [2.24, 2.45) is 0 Å². The highest BCUT2D eigenvalue weighted by atomic mass is 79.9. The molecule has 2 N–H and O–H groups in total. The summed E-state index contributed by atoms with van der Waals surface area (Å²) < 4.78 is 0.918. The normalized spacial score (nSPS) is 13.0. The first kappa shape index (κ1) is 14.3. The number of hydrogen-bond acceptors (Lipinski definition) is 2. The van der Waals surface area contributed by atoms with Crippen LogP contribution in [0.1, 0.15) is 32.6 Å². The minimum atomic E-state index is -0.0348. The Kier molecular flexibility index (Phi) is 4.08. The Bertz CT molecular complexity index is 697. The maximum Gasteiger partial charge on any atom is 0.251 e. The second-order valence-electron chi connectivity index (χ2n) is 5.35. The molecule has 1 aliphatic heterocycles. The Balaban J connectivity index is 1.70. The van der Waals surface area contributed by atoms with E-state index in [1.807, 2.05) is 25.1 Å². The van der Waals surface area contributed by atoms with E-state index in [2.05, 4.69) is 44.8 Å². The van der Waals surface area contributed by atoms with Gasteiger partial charge < -0.3 is 10.6 Å². The predicted octanol–water partition coefficient (Wildman–Crippen LogP) is 3.29. The zero-order valence-corrected chi connectivity index (χ0v) is 13.5. The number of aryl methyl sites for hydroxylation is 1. The average Bonchev–Trinajstić information content (AvgIpc) is 2.94. The van der Waals surface area contributed by atoms with Crippen LogP contribution in [0.3, 0.4) is 0 Å². The molecular weight excluding hydrogens is 328 g/mol. The van der Waals surface area contributed by atoms with E-state index in [1.54, 1.807) is 0 Å². The van der Waals surface area contributed by atoms with Crippen molar-refractivity contribution >= 4 is 21.8 Å². The Morgan fingerprint density at radius 2 is 2.00 bits per heavy atom. The fourth-order valence-electron chi connectivity index (χ4n) is 2.57. The third kappa shape index (κ3) is 3.17. The van der Waals surface area contributed by atoms with Crippen LogP contribution < -0.4 is 10.6 Å². The number of fused-ring (bicyclic) bond motifs is 1. The Hall–Kier alpha value is -1.65. The first-order chi connectivity index (χ1) is 10.1. The van der Waals surface area contributed by atoms with Gasteiger partial charge in [0.1, 0.15) is 0 Å². The van der Waals surface area contributed by atoms with E-state index in [0.717, 1.165) is 28.7 Å². The monoisotopic (exact) mass is 344 g/mol. The number of nitrogens with one attached hydrogen (secondary N) is 2. The van der Waals surface area contributed by atoms with Crippen LogP contribution in [0.25, 0.3) is 0 Å². The van der Waals surface area contributed by atoms with Crippen molar-refractivity contribution in [1.82, 2.24) is 10.6 Å². The highest BCUT2D eigenvalue weighted by Gasteiger charge is 2.12. The van der Waals surface area contributed by atoms with Crippen molar-refractivity contribution in [3.8, 4) is 0 Å². The second-order valence-corrected chi connectivity index (χ2v) is 6.26. The lowest BCUT2D eigenvalue weighted by Crippen LogP contribution is -2.23. The van der Waals surface area contributed by atoms with Gasteiger partial charge in [0, 0.05) is 29.7 Å². The van der Waals surface area contributed by atoms with Gasteiger partial charge in [-0.2, -0.15) is 0 Å². The van der Waals surface area contributed by atoms with E-state index < -0.39 is 0 Å². The van der Waals surface area contributed by atoms with Crippen LogP contribution in [-0.4, -0.2) is 5.91 Å². The number of benzene rings is 2. The molecule has 0 bridgehead atoms. The first-order valence-corrected chi connectivity index (χ1v) is 7.78. The van der Waals surface area contributed by atoms with Crippen LogP contribution in [0.4, 0.5) is 0 Å². The predicted molar refractivity (Wildman–Crippen MR) is 87.0 cm³/mol. The third-order valence-electron chi connectivity index (χ3n) is 3.80. The highest BCUT2D eigenvalue weighted by molar-refractivity contribution is 9.10. The Morgan fingerprint density at radius 1 is 1.19 bits per heavy atom. The van der Waals surface area contributed by atoms with Gasteiger partial charge in [0.25, 0.3) is 5.91 Å². The molecule has 0 aromatic heterocycles. The quantitative estimate of drug-likeness (QED) is 0.896. The van der Waals surface area contributed by atoms with Gasteiger partial charge in [-0.1, -0.05) is 40.2 Å². The number of carbonyl (C=O) groups is 1. The number of hydrogen-bond donors (Lipinski definition) is 2. The highest BCUT2D eigenvalue weighted by Crippen LogP contribution is 2.18. The zero-order valence-electron chi connectivity index (χ0n) is 11.9. The summed E-state index contributed by atoms with van der Waals surface area (Å²) in [5.74, 6) is -0.0348. The van der Waals surface area contributed by atoms with E-state index in [0.29, 0.717) is 12.1 Å². The van der Waals surface area contributed by atoms with Crippen LogP contribution in [0, 0.1) is 6.92 Å². The fourth-order valence-corrected chi connectivity index (χ4v) is 2.94. The summed E-state index contributed by atoms with van der Waals surface area (Å²) in [5, 5.41) is 6.32. The average molecular weight is 345 g/mol. The summed E-state index contributed by atoms with van der Waals surface area (Å²) in [7, 11) is 0. The van der Waals surface area contributed by atoms with E-state index in [9.17, 15) is 4.79 Å². The van der Waals surface area contributed by atoms with Gasteiger partial charge in [-0.05, 0) is 41.3 Å². The number of carbonyl (C=O) groups excluding carboxylic acids is 1. The second kappa shape index (κ2) is 6.00. The van der Waals surface area contributed by atoms with Gasteiger partial charge in [-0.3, -0.25) is 4.79 Å². The largest absolute Gasteiger partial charge is 0.348 e. The maximum atomic E-state index is 12.3. The van der Waals surface area contributed by atoms with Crippen molar-refractivity contribution in [3.63, 3.8) is 0 Å². The molecule has 0 radical (unpaired) electrons. The molecule has 0 unspecified atom stereocenters. The zero-order chi connectivity index (χ0) is 14.8. The van der Waals surface area contributed by atoms with Crippen molar-refractivity contribution in [2.45, 2.75) is 26.6 Å². The van der Waals surface area contributed by atoms with Gasteiger partial charge in [0.2, 0.25) is 0 Å². The van der Waals surface area contributed by atoms with Crippen LogP contribution in [0.2, 0.25) is 0 Å². The summed E-state index contributed by atoms with van der Waals surface area (Å²) in [4.78, 5) is 12.3. The minimum Gasteiger partial charge on any atom is -0.348 e. The molecule has 1 aliphatic rings. The molecule has 0 atom stereocenters. The van der Waals surface area contributed by atoms with Gasteiger partial charge in [-0.15, -0.1) is 0 Å². The van der Waals surface area contributed by atoms with E-state index >= 15 is 0 Å². The molecule has 0 spiro atoms. The van der Waals surface area contributed by atoms with Crippen LogP contribution >= 0.6 is 15.9 Å². The van der Waals surface area contributed by atoms with Crippen molar-refractivity contribution < 1.29 is 4.79 Å². The van der Waals surface area contributed by atoms with Crippen molar-refractivity contribution in [2.75, 3.05) is 0 Å². The molecule has 2 aromatic rings. The Morgan fingerprint density at radius 3 is 2.86 bits per heavy atom. The standard InChI is InChI=1S/C17H17BrN2O/c1-11-2-5-15(18)7-16(11)17(21)20-8-12-3-4-13-9-19-10-14(13)6-12/h2-7,19H,8-10H2,1H3,(H,20,21). The van der Waals surface area contributed by atoms with E-state index in [1.165, 1.54) is 11.1 Å². The molecule has 21 heavy (non-hydrogen) atoms. The van der Waals surface area contributed by atoms with Gasteiger partial charge in [0.05, 0.1) is 0 Å². The molecule has 108 valence electrons. The maximum absolute atomic E-state index is 12.3. The molecule has 1 heterocycles. The van der Waals surface area contributed by atoms with Crippen LogP contribution in [-0.2, 0) is 19.6 Å². The lowest BCUT2D eigenvalue weighted by molar-refractivity contribution is 0.0950. The van der Waals surface area contributed by atoms with Gasteiger partial charge in [-0.25, -0.2) is 0 Å². The van der Waals surface area contributed by atoms with Crippen LogP contribution in [0.5, 0.6) is 0 Å². The molecular formula is C17H17BrN2O. The molecule has 4 heteroatoms. The lowest BCUT2D eigenvalue weighted by atomic mass is 10.1. The molecule has 0 saturated carbocycles. The van der Waals surface area contributed by atoms with Crippen molar-refractivity contribution in [1.29, 1.82) is 0 Å². The molecule has 0 fully saturated rings. The molecule has 0 saturated heterocycles.